The number of likely N-dealkylation sites (N-methyl/N-ethyl adjacent to an activating group) is 1. The van der Waals surface area contributed by atoms with Crippen molar-refractivity contribution in [2.24, 2.45) is 0 Å². The lowest BCUT2D eigenvalue weighted by atomic mass is 10.2. The predicted octanol–water partition coefficient (Wildman–Crippen LogP) is 4.40. The number of hydrogen-bond donors (Lipinski definition) is 0. The topological polar surface area (TPSA) is 19.4 Å². The Balaban J connectivity index is 1.46. The van der Waals surface area contributed by atoms with Crippen molar-refractivity contribution in [3.8, 4) is 0 Å². The van der Waals surface area contributed by atoms with Crippen molar-refractivity contribution in [2.75, 3.05) is 32.3 Å². The number of rotatable bonds is 3. The van der Waals surface area contributed by atoms with Gasteiger partial charge in [-0.3, -0.25) is 4.98 Å². The summed E-state index contributed by atoms with van der Waals surface area (Å²) in [6.07, 6.45) is 8.01. The van der Waals surface area contributed by atoms with Crippen molar-refractivity contribution in [2.45, 2.75) is 6.42 Å². The van der Waals surface area contributed by atoms with Gasteiger partial charge in [-0.05, 0) is 35.9 Å². The summed E-state index contributed by atoms with van der Waals surface area (Å²) in [5, 5.41) is 4.28. The molecule has 0 spiro atoms. The third-order valence-electron chi connectivity index (χ3n) is 4.74. The van der Waals surface area contributed by atoms with Crippen molar-refractivity contribution >= 4 is 32.5 Å². The highest BCUT2D eigenvalue weighted by Crippen LogP contribution is 2.59. The van der Waals surface area contributed by atoms with Gasteiger partial charge in [-0.1, -0.05) is 17.7 Å². The van der Waals surface area contributed by atoms with Crippen LogP contribution in [0.1, 0.15) is 5.69 Å². The molecule has 0 aliphatic carbocycles. The molecule has 0 radical (unpaired) electrons. The monoisotopic (exact) mass is 359 g/mol. The van der Waals surface area contributed by atoms with Crippen LogP contribution in [0.4, 0.5) is 0 Å². The highest BCUT2D eigenvalue weighted by Gasteiger charge is 2.31. The lowest BCUT2D eigenvalue weighted by Gasteiger charge is -2.37. The Morgan fingerprint density at radius 3 is 3.00 bits per heavy atom. The molecule has 2 aliphatic rings. The molecule has 2 aliphatic heterocycles. The highest BCUT2D eigenvalue weighted by molar-refractivity contribution is 8.38. The zero-order valence-corrected chi connectivity index (χ0v) is 15.6. The normalized spacial score (nSPS) is 25.5. The summed E-state index contributed by atoms with van der Waals surface area (Å²) in [7, 11) is 1.40. The molecular formula is C19H22ClN3S. The van der Waals surface area contributed by atoms with Crippen LogP contribution < -0.4 is 0 Å². The Hall–Kier alpha value is -1.65. The lowest BCUT2D eigenvalue weighted by Crippen LogP contribution is -2.22. The summed E-state index contributed by atoms with van der Waals surface area (Å²) < 4.78 is 0. The van der Waals surface area contributed by atoms with Crippen LogP contribution in [0.5, 0.6) is 0 Å². The quantitative estimate of drug-likeness (QED) is 0.809. The maximum absolute atomic E-state index is 6.04. The van der Waals surface area contributed by atoms with E-state index in [-0.39, 0.29) is 0 Å². The number of benzene rings is 1. The standard InChI is InChI=1S/C19H22ClN3S/c1-22-9-10-24(2)14-23(13-18(24)12-22)8-7-17-5-3-15-11-16(20)4-6-19(15)21-17/h3-6,9-11,13H,7-8,12,14H2,1-2H3. The zero-order chi connectivity index (χ0) is 16.7. The Bertz CT molecular complexity index is 848. The molecule has 24 heavy (non-hydrogen) atoms. The van der Waals surface area contributed by atoms with E-state index in [4.69, 9.17) is 16.6 Å². The van der Waals surface area contributed by atoms with E-state index in [2.05, 4.69) is 53.0 Å². The first kappa shape index (κ1) is 15.9. The molecule has 1 unspecified atom stereocenters. The Morgan fingerprint density at radius 2 is 2.12 bits per heavy atom. The average Bonchev–Trinajstić information content (AvgIpc) is 2.89. The van der Waals surface area contributed by atoms with E-state index in [1.807, 2.05) is 18.2 Å². The van der Waals surface area contributed by atoms with Crippen LogP contribution in [0, 0.1) is 0 Å². The minimum atomic E-state index is -0.742. The molecule has 5 heteroatoms. The van der Waals surface area contributed by atoms with E-state index in [0.717, 1.165) is 47.0 Å². The summed E-state index contributed by atoms with van der Waals surface area (Å²) in [5.41, 5.74) is 2.17. The predicted molar refractivity (Wildman–Crippen MR) is 105 cm³/mol. The lowest BCUT2D eigenvalue weighted by molar-refractivity contribution is 0.443. The number of nitrogens with zero attached hydrogens (tertiary/aromatic N) is 3. The summed E-state index contributed by atoms with van der Waals surface area (Å²) in [4.78, 5) is 11.1. The first-order valence-electron chi connectivity index (χ1n) is 8.16. The van der Waals surface area contributed by atoms with Crippen LogP contribution in [0.3, 0.4) is 0 Å². The molecular weight excluding hydrogens is 338 g/mol. The van der Waals surface area contributed by atoms with Crippen LogP contribution in [0.15, 0.2) is 53.0 Å². The summed E-state index contributed by atoms with van der Waals surface area (Å²) in [5.74, 6) is 1.15. The van der Waals surface area contributed by atoms with E-state index in [1.165, 1.54) is 0 Å². The molecule has 0 N–H and O–H groups in total. The van der Waals surface area contributed by atoms with Crippen molar-refractivity contribution in [3.63, 3.8) is 0 Å². The van der Waals surface area contributed by atoms with E-state index in [9.17, 15) is 0 Å². The number of halogens is 1. The molecule has 0 fully saturated rings. The minimum Gasteiger partial charge on any atom is -0.375 e. The first-order chi connectivity index (χ1) is 11.5. The second-order valence-electron chi connectivity index (χ2n) is 6.78. The second-order valence-corrected chi connectivity index (χ2v) is 10.6. The summed E-state index contributed by atoms with van der Waals surface area (Å²) in [6, 6.07) is 10.1. The maximum Gasteiger partial charge on any atom is 0.0706 e. The second kappa shape index (κ2) is 6.01. The van der Waals surface area contributed by atoms with E-state index in [0.29, 0.717) is 0 Å². The minimum absolute atomic E-state index is 0.742. The van der Waals surface area contributed by atoms with Crippen LogP contribution in [-0.2, 0) is 6.42 Å². The van der Waals surface area contributed by atoms with Crippen LogP contribution in [0.25, 0.3) is 10.9 Å². The van der Waals surface area contributed by atoms with Gasteiger partial charge in [0.2, 0.25) is 0 Å². The van der Waals surface area contributed by atoms with Crippen LogP contribution in [-0.4, -0.2) is 47.1 Å². The third kappa shape index (κ3) is 3.01. The van der Waals surface area contributed by atoms with Gasteiger partial charge in [0, 0.05) is 60.0 Å². The summed E-state index contributed by atoms with van der Waals surface area (Å²) in [6.45, 7) is 2.09. The largest absolute Gasteiger partial charge is 0.375 e. The molecule has 0 saturated heterocycles. The highest BCUT2D eigenvalue weighted by atomic mass is 35.5. The van der Waals surface area contributed by atoms with Crippen LogP contribution in [0.2, 0.25) is 5.02 Å². The van der Waals surface area contributed by atoms with Crippen molar-refractivity contribution in [1.82, 2.24) is 14.8 Å². The Kier molecular flexibility index (Phi) is 3.97. The molecule has 3 nitrogen and oxygen atoms in total. The van der Waals surface area contributed by atoms with Gasteiger partial charge in [0.1, 0.15) is 0 Å². The Morgan fingerprint density at radius 1 is 1.25 bits per heavy atom. The SMILES string of the molecule is CN1C=CS2(C)CN(CCc3ccc4cc(Cl)ccc4n3)C=C2C1. The number of pyridine rings is 1. The fourth-order valence-corrected chi connectivity index (χ4v) is 6.17. The molecule has 2 aromatic rings. The fourth-order valence-electron chi connectivity index (χ4n) is 3.31. The van der Waals surface area contributed by atoms with Gasteiger partial charge in [0.25, 0.3) is 0 Å². The molecule has 0 bridgehead atoms. The van der Waals surface area contributed by atoms with Crippen molar-refractivity contribution in [3.05, 3.63) is 63.8 Å². The smallest absolute Gasteiger partial charge is 0.0706 e. The molecule has 126 valence electrons. The summed E-state index contributed by atoms with van der Waals surface area (Å²) >= 11 is 6.04. The zero-order valence-electron chi connectivity index (χ0n) is 14.1. The molecule has 1 atom stereocenters. The van der Waals surface area contributed by atoms with E-state index >= 15 is 0 Å². The van der Waals surface area contributed by atoms with E-state index in [1.54, 1.807) is 4.91 Å². The number of fused-ring (bicyclic) bond motifs is 2. The van der Waals surface area contributed by atoms with E-state index < -0.39 is 10.0 Å². The molecule has 1 aromatic heterocycles. The molecule has 0 saturated carbocycles. The van der Waals surface area contributed by atoms with Gasteiger partial charge >= 0.3 is 0 Å². The van der Waals surface area contributed by atoms with Gasteiger partial charge in [-0.2, -0.15) is 10.0 Å². The van der Waals surface area contributed by atoms with Crippen molar-refractivity contribution < 1.29 is 0 Å². The maximum atomic E-state index is 6.04. The third-order valence-corrected chi connectivity index (χ3v) is 8.00. The van der Waals surface area contributed by atoms with Gasteiger partial charge < -0.3 is 9.80 Å². The van der Waals surface area contributed by atoms with Gasteiger partial charge in [-0.25, -0.2) is 0 Å². The molecule has 1 aromatic carbocycles. The number of hydrogen-bond acceptors (Lipinski definition) is 3. The van der Waals surface area contributed by atoms with Crippen molar-refractivity contribution in [1.29, 1.82) is 0 Å². The Labute approximate surface area is 149 Å². The molecule has 0 amide bonds. The van der Waals surface area contributed by atoms with Crippen LogP contribution >= 0.6 is 21.6 Å². The van der Waals surface area contributed by atoms with Gasteiger partial charge in [0.15, 0.2) is 0 Å². The average molecular weight is 360 g/mol. The van der Waals surface area contributed by atoms with Gasteiger partial charge in [-0.15, -0.1) is 0 Å². The molecule has 4 rings (SSSR count). The molecule has 3 heterocycles. The fraction of sp³-hybridized carbons (Fsp3) is 0.316. The number of aromatic nitrogens is 1. The van der Waals surface area contributed by atoms with Gasteiger partial charge in [0.05, 0.1) is 11.4 Å². The first-order valence-corrected chi connectivity index (χ1v) is 10.8.